The summed E-state index contributed by atoms with van der Waals surface area (Å²) < 4.78 is 6.21. The van der Waals surface area contributed by atoms with Crippen molar-refractivity contribution in [2.24, 2.45) is 0 Å². The van der Waals surface area contributed by atoms with Gasteiger partial charge in [0.05, 0.1) is 25.3 Å². The number of amides is 1. The molecule has 1 aromatic heterocycles. The molecule has 1 atom stereocenters. The first-order valence-corrected chi connectivity index (χ1v) is 8.41. The minimum atomic E-state index is -0.540. The van der Waals surface area contributed by atoms with Gasteiger partial charge < -0.3 is 10.1 Å². The molecule has 2 aromatic carbocycles. The Kier molecular flexibility index (Phi) is 5.77. The van der Waals surface area contributed by atoms with Gasteiger partial charge in [0.25, 0.3) is 5.91 Å². The van der Waals surface area contributed by atoms with E-state index >= 15 is 0 Å². The number of nitrogens with zero attached hydrogens (tertiary/aromatic N) is 4. The van der Waals surface area contributed by atoms with E-state index in [4.69, 9.17) is 16.3 Å². The number of hydrogen-bond acceptors (Lipinski definition) is 6. The molecule has 0 spiro atoms. The molecule has 0 saturated carbocycles. The summed E-state index contributed by atoms with van der Waals surface area (Å²) in [6, 6.07) is 13.1. The Hall–Kier alpha value is -3.26. The molecule has 1 heterocycles. The monoisotopic (exact) mass is 385 g/mol. The summed E-state index contributed by atoms with van der Waals surface area (Å²) in [6.45, 7) is 0. The Morgan fingerprint density at radius 2 is 1.85 bits per heavy atom. The third kappa shape index (κ3) is 4.68. The molecule has 0 bridgehead atoms. The summed E-state index contributed by atoms with van der Waals surface area (Å²) in [5.41, 5.74) is 1.92. The maximum atomic E-state index is 12.6. The molecule has 0 fully saturated rings. The minimum absolute atomic E-state index is 0.00653. The van der Waals surface area contributed by atoms with Gasteiger partial charge in [0.2, 0.25) is 0 Å². The van der Waals surface area contributed by atoms with Gasteiger partial charge in [-0.15, -0.1) is 5.10 Å². The van der Waals surface area contributed by atoms with Crippen molar-refractivity contribution in [1.29, 1.82) is 0 Å². The van der Waals surface area contributed by atoms with Crippen LogP contribution in [-0.2, 0) is 9.53 Å². The molecule has 0 saturated heterocycles. The first kappa shape index (κ1) is 18.5. The summed E-state index contributed by atoms with van der Waals surface area (Å²) in [4.78, 5) is 24.4. The lowest BCUT2D eigenvalue weighted by atomic mass is 10.0. The summed E-state index contributed by atoms with van der Waals surface area (Å²) >= 11 is 5.91. The summed E-state index contributed by atoms with van der Waals surface area (Å²) in [5, 5.41) is 14.4. The number of ether oxygens (including phenoxy) is 1. The second-order valence-corrected chi connectivity index (χ2v) is 6.10. The highest BCUT2D eigenvalue weighted by Crippen LogP contribution is 2.21. The van der Waals surface area contributed by atoms with Crippen molar-refractivity contribution in [3.8, 4) is 5.69 Å². The maximum Gasteiger partial charge on any atom is 0.307 e. The van der Waals surface area contributed by atoms with Crippen molar-refractivity contribution in [1.82, 2.24) is 25.5 Å². The minimum Gasteiger partial charge on any atom is -0.469 e. The summed E-state index contributed by atoms with van der Waals surface area (Å²) in [5.74, 6) is -0.744. The SMILES string of the molecule is COC(=O)CC(NC(=O)c1ccc(-n2cnnn2)cc1)c1ccc(Cl)cc1. The number of benzene rings is 2. The average Bonchev–Trinajstić information content (AvgIpc) is 3.23. The van der Waals surface area contributed by atoms with Crippen LogP contribution in [-0.4, -0.2) is 39.2 Å². The van der Waals surface area contributed by atoms with Gasteiger partial charge in [-0.1, -0.05) is 23.7 Å². The van der Waals surface area contributed by atoms with E-state index in [1.54, 1.807) is 48.5 Å². The van der Waals surface area contributed by atoms with Gasteiger partial charge in [-0.3, -0.25) is 9.59 Å². The van der Waals surface area contributed by atoms with Gasteiger partial charge in [-0.2, -0.15) is 0 Å². The van der Waals surface area contributed by atoms with Crippen LogP contribution < -0.4 is 5.32 Å². The summed E-state index contributed by atoms with van der Waals surface area (Å²) in [7, 11) is 1.31. The second kappa shape index (κ2) is 8.41. The number of methoxy groups -OCH3 is 1. The van der Waals surface area contributed by atoms with Crippen molar-refractivity contribution in [2.75, 3.05) is 7.11 Å². The molecule has 0 aliphatic carbocycles. The molecule has 0 aliphatic rings. The third-order valence-corrected chi connectivity index (χ3v) is 4.17. The number of carbonyl (C=O) groups is 2. The Morgan fingerprint density at radius 3 is 2.44 bits per heavy atom. The lowest BCUT2D eigenvalue weighted by molar-refractivity contribution is -0.141. The Morgan fingerprint density at radius 1 is 1.15 bits per heavy atom. The fourth-order valence-electron chi connectivity index (χ4n) is 2.48. The van der Waals surface area contributed by atoms with E-state index in [-0.39, 0.29) is 12.3 Å². The van der Waals surface area contributed by atoms with Gasteiger partial charge in [0, 0.05) is 10.6 Å². The van der Waals surface area contributed by atoms with Crippen LogP contribution in [0.15, 0.2) is 54.9 Å². The first-order chi connectivity index (χ1) is 13.1. The molecule has 27 heavy (non-hydrogen) atoms. The molecule has 0 aliphatic heterocycles. The molecule has 3 aromatic rings. The highest BCUT2D eigenvalue weighted by Gasteiger charge is 2.20. The van der Waals surface area contributed by atoms with Crippen molar-refractivity contribution in [3.05, 3.63) is 71.0 Å². The van der Waals surface area contributed by atoms with Gasteiger partial charge in [-0.25, -0.2) is 4.68 Å². The number of rotatable bonds is 6. The number of tetrazole rings is 1. The summed E-state index contributed by atoms with van der Waals surface area (Å²) in [6.07, 6.45) is 1.47. The zero-order valence-electron chi connectivity index (χ0n) is 14.4. The number of carbonyl (C=O) groups excluding carboxylic acids is 2. The van der Waals surface area contributed by atoms with Crippen LogP contribution in [0.3, 0.4) is 0 Å². The van der Waals surface area contributed by atoms with Crippen molar-refractivity contribution in [2.45, 2.75) is 12.5 Å². The van der Waals surface area contributed by atoms with Crippen LogP contribution in [0.4, 0.5) is 0 Å². The first-order valence-electron chi connectivity index (χ1n) is 8.03. The van der Waals surface area contributed by atoms with Crippen LogP contribution in [0.25, 0.3) is 5.69 Å². The lowest BCUT2D eigenvalue weighted by Gasteiger charge is -2.18. The highest BCUT2D eigenvalue weighted by molar-refractivity contribution is 6.30. The fourth-order valence-corrected chi connectivity index (χ4v) is 2.61. The molecular weight excluding hydrogens is 370 g/mol. The number of nitrogens with one attached hydrogen (secondary N) is 1. The standard InChI is InChI=1S/C18H16ClN5O3/c1-27-17(25)10-16(12-2-6-14(19)7-3-12)21-18(26)13-4-8-15(9-5-13)24-11-20-22-23-24/h2-9,11,16H,10H2,1H3,(H,21,26). The molecule has 1 amide bonds. The van der Waals surface area contributed by atoms with Crippen molar-refractivity contribution < 1.29 is 14.3 Å². The van der Waals surface area contributed by atoms with E-state index in [9.17, 15) is 9.59 Å². The molecule has 0 radical (unpaired) electrons. The highest BCUT2D eigenvalue weighted by atomic mass is 35.5. The number of halogens is 1. The smallest absolute Gasteiger partial charge is 0.307 e. The third-order valence-electron chi connectivity index (χ3n) is 3.92. The van der Waals surface area contributed by atoms with Gasteiger partial charge >= 0.3 is 5.97 Å². The molecular formula is C18H16ClN5O3. The van der Waals surface area contributed by atoms with E-state index in [1.165, 1.54) is 18.1 Å². The Labute approximate surface area is 160 Å². The van der Waals surface area contributed by atoms with E-state index in [0.29, 0.717) is 10.6 Å². The predicted octanol–water partition coefficient (Wildman–Crippen LogP) is 2.35. The Bertz CT molecular complexity index is 911. The van der Waals surface area contributed by atoms with Crippen molar-refractivity contribution in [3.63, 3.8) is 0 Å². The van der Waals surface area contributed by atoms with E-state index in [2.05, 4.69) is 20.8 Å². The van der Waals surface area contributed by atoms with E-state index in [1.807, 2.05) is 0 Å². The van der Waals surface area contributed by atoms with Crippen LogP contribution in [0.2, 0.25) is 5.02 Å². The predicted molar refractivity (Wildman–Crippen MR) is 97.4 cm³/mol. The number of hydrogen-bond donors (Lipinski definition) is 1. The van der Waals surface area contributed by atoms with Gasteiger partial charge in [0.15, 0.2) is 0 Å². The average molecular weight is 386 g/mol. The molecule has 1 N–H and O–H groups in total. The molecule has 1 unspecified atom stereocenters. The zero-order valence-corrected chi connectivity index (χ0v) is 15.1. The quantitative estimate of drug-likeness (QED) is 0.654. The number of esters is 1. The fraction of sp³-hybridized carbons (Fsp3) is 0.167. The second-order valence-electron chi connectivity index (χ2n) is 5.66. The maximum absolute atomic E-state index is 12.6. The normalized spacial score (nSPS) is 11.6. The molecule has 138 valence electrons. The van der Waals surface area contributed by atoms with Crippen LogP contribution in [0, 0.1) is 0 Å². The van der Waals surface area contributed by atoms with Crippen LogP contribution >= 0.6 is 11.6 Å². The largest absolute Gasteiger partial charge is 0.469 e. The lowest BCUT2D eigenvalue weighted by Crippen LogP contribution is -2.30. The van der Waals surface area contributed by atoms with E-state index in [0.717, 1.165) is 11.3 Å². The Balaban J connectivity index is 1.77. The zero-order chi connectivity index (χ0) is 19.2. The van der Waals surface area contributed by atoms with Gasteiger partial charge in [0.1, 0.15) is 6.33 Å². The number of aromatic nitrogens is 4. The van der Waals surface area contributed by atoms with Gasteiger partial charge in [-0.05, 0) is 52.4 Å². The molecule has 9 heteroatoms. The van der Waals surface area contributed by atoms with Crippen LogP contribution in [0.5, 0.6) is 0 Å². The molecule has 3 rings (SSSR count). The molecule has 8 nitrogen and oxygen atoms in total. The van der Waals surface area contributed by atoms with E-state index < -0.39 is 12.0 Å². The van der Waals surface area contributed by atoms with Crippen molar-refractivity contribution >= 4 is 23.5 Å². The topological polar surface area (TPSA) is 99.0 Å². The van der Waals surface area contributed by atoms with Crippen LogP contribution in [0.1, 0.15) is 28.4 Å².